The normalized spacial score (nSPS) is 12.1. The average Bonchev–Trinajstić information content (AvgIpc) is 2.45. The monoisotopic (exact) mass is 296 g/mol. The van der Waals surface area contributed by atoms with Gasteiger partial charge in [0.1, 0.15) is 0 Å². The van der Waals surface area contributed by atoms with Crippen molar-refractivity contribution in [3.8, 4) is 0 Å². The van der Waals surface area contributed by atoms with Crippen molar-refractivity contribution in [1.82, 2.24) is 0 Å². The Morgan fingerprint density at radius 3 is 2.19 bits per heavy atom. The number of carbonyl (C=O) groups is 1. The number of aliphatic hydroxyl groups excluding tert-OH is 1. The molecule has 2 N–H and O–H groups in total. The van der Waals surface area contributed by atoms with Crippen LogP contribution in [0.1, 0.15) is 84.0 Å². The van der Waals surface area contributed by atoms with E-state index in [1.54, 1.807) is 6.08 Å². The van der Waals surface area contributed by atoms with Gasteiger partial charge in [0.25, 0.3) is 0 Å². The summed E-state index contributed by atoms with van der Waals surface area (Å²) in [7, 11) is 0. The second-order valence-corrected chi connectivity index (χ2v) is 5.60. The molecule has 0 amide bonds. The zero-order valence-electron chi connectivity index (χ0n) is 13.5. The number of aliphatic carboxylic acids is 1. The van der Waals surface area contributed by atoms with E-state index < -0.39 is 5.97 Å². The first-order chi connectivity index (χ1) is 10.2. The van der Waals surface area contributed by atoms with Gasteiger partial charge in [0, 0.05) is 12.8 Å². The molecule has 0 aromatic carbocycles. The van der Waals surface area contributed by atoms with Gasteiger partial charge in [-0.3, -0.25) is 4.79 Å². The average molecular weight is 296 g/mol. The first kappa shape index (κ1) is 19.8. The summed E-state index contributed by atoms with van der Waals surface area (Å²) < 4.78 is 0. The van der Waals surface area contributed by atoms with Gasteiger partial charge in [0.15, 0.2) is 0 Å². The summed E-state index contributed by atoms with van der Waals surface area (Å²) in [6.45, 7) is 2.19. The standard InChI is InChI=1S/C18H32O3/c1-2-3-4-11-14-17(19)15-12-9-7-5-6-8-10-13-16-18(20)21/h9,12,15,19H,2-8,10-11,13-14,16H2,1H3,(H,20,21)/b12-9+,17-15-. The third-order valence-corrected chi connectivity index (χ3v) is 3.47. The molecule has 3 heteroatoms. The molecular weight excluding hydrogens is 264 g/mol. The lowest BCUT2D eigenvalue weighted by Gasteiger charge is -1.99. The predicted octanol–water partition coefficient (Wildman–Crippen LogP) is 5.77. The first-order valence-corrected chi connectivity index (χ1v) is 8.43. The molecule has 0 unspecified atom stereocenters. The summed E-state index contributed by atoms with van der Waals surface area (Å²) >= 11 is 0. The van der Waals surface area contributed by atoms with Crippen LogP contribution in [0.5, 0.6) is 0 Å². The first-order valence-electron chi connectivity index (χ1n) is 8.43. The zero-order chi connectivity index (χ0) is 15.8. The summed E-state index contributed by atoms with van der Waals surface area (Å²) in [5, 5.41) is 18.2. The minimum atomic E-state index is -0.695. The number of rotatable bonds is 14. The number of aliphatic hydroxyl groups is 1. The highest BCUT2D eigenvalue weighted by atomic mass is 16.4. The van der Waals surface area contributed by atoms with Crippen molar-refractivity contribution < 1.29 is 15.0 Å². The number of allylic oxidation sites excluding steroid dienone is 4. The van der Waals surface area contributed by atoms with Crippen LogP contribution in [-0.4, -0.2) is 16.2 Å². The summed E-state index contributed by atoms with van der Waals surface area (Å²) in [5.41, 5.74) is 0. The zero-order valence-corrected chi connectivity index (χ0v) is 13.5. The van der Waals surface area contributed by atoms with E-state index in [0.717, 1.165) is 51.4 Å². The molecule has 0 saturated carbocycles. The fourth-order valence-electron chi connectivity index (χ4n) is 2.16. The molecule has 0 aliphatic rings. The Balaban J connectivity index is 3.40. The molecule has 0 aliphatic heterocycles. The van der Waals surface area contributed by atoms with Crippen LogP contribution in [-0.2, 0) is 4.79 Å². The second-order valence-electron chi connectivity index (χ2n) is 5.60. The molecular formula is C18H32O3. The summed E-state index contributed by atoms with van der Waals surface area (Å²) in [6, 6.07) is 0. The lowest BCUT2D eigenvalue weighted by molar-refractivity contribution is -0.137. The van der Waals surface area contributed by atoms with Crippen LogP contribution < -0.4 is 0 Å². The molecule has 0 heterocycles. The Hall–Kier alpha value is -1.25. The Morgan fingerprint density at radius 2 is 1.48 bits per heavy atom. The van der Waals surface area contributed by atoms with Gasteiger partial charge >= 0.3 is 5.97 Å². The molecule has 3 nitrogen and oxygen atoms in total. The van der Waals surface area contributed by atoms with Gasteiger partial charge in [-0.1, -0.05) is 57.6 Å². The van der Waals surface area contributed by atoms with Crippen molar-refractivity contribution in [3.05, 3.63) is 24.0 Å². The fourth-order valence-corrected chi connectivity index (χ4v) is 2.16. The van der Waals surface area contributed by atoms with Crippen molar-refractivity contribution in [1.29, 1.82) is 0 Å². The molecule has 0 aliphatic carbocycles. The number of carboxylic acid groups (broad SMARTS) is 1. The highest BCUT2D eigenvalue weighted by Crippen LogP contribution is 2.09. The maximum Gasteiger partial charge on any atom is 0.303 e. The maximum absolute atomic E-state index is 10.3. The van der Waals surface area contributed by atoms with Gasteiger partial charge in [-0.15, -0.1) is 0 Å². The molecule has 0 atom stereocenters. The quantitative estimate of drug-likeness (QED) is 0.243. The topological polar surface area (TPSA) is 57.5 Å². The molecule has 21 heavy (non-hydrogen) atoms. The largest absolute Gasteiger partial charge is 0.512 e. The SMILES string of the molecule is CCCCCC/C(O)=C/C=C/CCCCCCCC(=O)O. The Labute approximate surface area is 129 Å². The van der Waals surface area contributed by atoms with E-state index >= 15 is 0 Å². The van der Waals surface area contributed by atoms with Crippen molar-refractivity contribution in [2.45, 2.75) is 84.0 Å². The summed E-state index contributed by atoms with van der Waals surface area (Å²) in [5.74, 6) is -0.213. The maximum atomic E-state index is 10.3. The molecule has 0 bridgehead atoms. The van der Waals surface area contributed by atoms with Crippen molar-refractivity contribution in [3.63, 3.8) is 0 Å². The molecule has 0 fully saturated rings. The lowest BCUT2D eigenvalue weighted by atomic mass is 10.1. The number of hydrogen-bond acceptors (Lipinski definition) is 2. The van der Waals surface area contributed by atoms with Crippen LogP contribution in [0.15, 0.2) is 24.0 Å². The van der Waals surface area contributed by atoms with Crippen LogP contribution in [0, 0.1) is 0 Å². The third-order valence-electron chi connectivity index (χ3n) is 3.47. The van der Waals surface area contributed by atoms with E-state index in [2.05, 4.69) is 13.0 Å². The van der Waals surface area contributed by atoms with Gasteiger partial charge in [-0.25, -0.2) is 0 Å². The van der Waals surface area contributed by atoms with E-state index in [9.17, 15) is 9.90 Å². The predicted molar refractivity (Wildman–Crippen MR) is 88.6 cm³/mol. The fraction of sp³-hybridized carbons (Fsp3) is 0.722. The Bertz CT molecular complexity index is 306. The van der Waals surface area contributed by atoms with Crippen LogP contribution >= 0.6 is 0 Å². The Morgan fingerprint density at radius 1 is 0.857 bits per heavy atom. The molecule has 0 rings (SSSR count). The van der Waals surface area contributed by atoms with Crippen LogP contribution in [0.3, 0.4) is 0 Å². The highest BCUT2D eigenvalue weighted by Gasteiger charge is 1.96. The number of unbranched alkanes of at least 4 members (excludes halogenated alkanes) is 8. The van der Waals surface area contributed by atoms with Gasteiger partial charge < -0.3 is 10.2 Å². The van der Waals surface area contributed by atoms with E-state index in [4.69, 9.17) is 5.11 Å². The Kier molecular flexibility index (Phi) is 14.2. The summed E-state index contributed by atoms with van der Waals surface area (Å²) in [6.07, 6.45) is 17.9. The molecule has 0 aromatic rings. The highest BCUT2D eigenvalue weighted by molar-refractivity contribution is 5.66. The molecule has 0 aromatic heterocycles. The second kappa shape index (κ2) is 15.1. The lowest BCUT2D eigenvalue weighted by Crippen LogP contribution is -1.93. The molecule has 0 radical (unpaired) electrons. The van der Waals surface area contributed by atoms with Gasteiger partial charge in [-0.2, -0.15) is 0 Å². The molecule has 0 saturated heterocycles. The van der Waals surface area contributed by atoms with E-state index in [1.165, 1.54) is 19.3 Å². The molecule has 122 valence electrons. The number of hydrogen-bond donors (Lipinski definition) is 2. The van der Waals surface area contributed by atoms with Crippen molar-refractivity contribution in [2.24, 2.45) is 0 Å². The summed E-state index contributed by atoms with van der Waals surface area (Å²) in [4.78, 5) is 10.3. The van der Waals surface area contributed by atoms with Gasteiger partial charge in [0.2, 0.25) is 0 Å². The molecule has 0 spiro atoms. The smallest absolute Gasteiger partial charge is 0.303 e. The van der Waals surface area contributed by atoms with Crippen molar-refractivity contribution in [2.75, 3.05) is 0 Å². The minimum Gasteiger partial charge on any atom is -0.512 e. The van der Waals surface area contributed by atoms with Crippen LogP contribution in [0.2, 0.25) is 0 Å². The van der Waals surface area contributed by atoms with Crippen molar-refractivity contribution >= 4 is 5.97 Å². The minimum absolute atomic E-state index is 0.294. The van der Waals surface area contributed by atoms with Gasteiger partial charge in [-0.05, 0) is 31.8 Å². The van der Waals surface area contributed by atoms with Crippen LogP contribution in [0.4, 0.5) is 0 Å². The van der Waals surface area contributed by atoms with E-state index in [-0.39, 0.29) is 0 Å². The van der Waals surface area contributed by atoms with E-state index in [0.29, 0.717) is 12.2 Å². The van der Waals surface area contributed by atoms with E-state index in [1.807, 2.05) is 6.08 Å². The number of carboxylic acids is 1. The van der Waals surface area contributed by atoms with Crippen LogP contribution in [0.25, 0.3) is 0 Å². The van der Waals surface area contributed by atoms with Gasteiger partial charge in [0.05, 0.1) is 5.76 Å². The third kappa shape index (κ3) is 16.7.